The lowest BCUT2D eigenvalue weighted by Gasteiger charge is -2.20. The van der Waals surface area contributed by atoms with Gasteiger partial charge in [-0.3, -0.25) is 0 Å². The van der Waals surface area contributed by atoms with Gasteiger partial charge in [0.05, 0.1) is 30.5 Å². The summed E-state index contributed by atoms with van der Waals surface area (Å²) in [5.74, 6) is -0.453. The Bertz CT molecular complexity index is 567. The highest BCUT2D eigenvalue weighted by atomic mass is 32.2. The van der Waals surface area contributed by atoms with E-state index >= 15 is 0 Å². The van der Waals surface area contributed by atoms with E-state index < -0.39 is 35.4 Å². The fraction of sp³-hybridized carbons (Fsp3) is 0.417. The van der Waals surface area contributed by atoms with E-state index in [1.165, 1.54) is 24.3 Å². The van der Waals surface area contributed by atoms with Gasteiger partial charge in [-0.1, -0.05) is 12.1 Å². The van der Waals surface area contributed by atoms with Gasteiger partial charge in [0.15, 0.2) is 0 Å². The molecule has 0 aliphatic heterocycles. The molecule has 0 bridgehead atoms. The number of nitrogens with zero attached hydrogens (tertiary/aromatic N) is 2. The molecule has 1 N–H and O–H groups in total. The first kappa shape index (κ1) is 16.5. The molecule has 0 heterocycles. The molecule has 0 aromatic heterocycles. The van der Waals surface area contributed by atoms with Crippen LogP contribution in [0.1, 0.15) is 11.1 Å². The summed E-state index contributed by atoms with van der Waals surface area (Å²) in [4.78, 5) is 0. The number of sulfonamides is 1. The maximum absolute atomic E-state index is 12.4. The summed E-state index contributed by atoms with van der Waals surface area (Å²) in [5, 5.41) is 17.4. The van der Waals surface area contributed by atoms with Crippen molar-refractivity contribution in [3.8, 4) is 6.07 Å². The molecule has 20 heavy (non-hydrogen) atoms. The molecular weight excluding hydrogens is 290 g/mol. The minimum atomic E-state index is -3.94. The quantitative estimate of drug-likeness (QED) is 0.813. The van der Waals surface area contributed by atoms with Gasteiger partial charge in [0.1, 0.15) is 0 Å². The van der Waals surface area contributed by atoms with Crippen LogP contribution in [0.25, 0.3) is 0 Å². The standard InChI is InChI=1S/C12H14F2N2O3S/c13-12(14)8-16(5-6-17)20(18,19)9-11-3-1-10(7-15)2-4-11/h1-4,12,17H,5-6,8-9H2. The molecule has 0 saturated carbocycles. The van der Waals surface area contributed by atoms with E-state index in [9.17, 15) is 17.2 Å². The molecule has 0 aliphatic carbocycles. The van der Waals surface area contributed by atoms with Crippen LogP contribution >= 0.6 is 0 Å². The Morgan fingerprint density at radius 1 is 1.30 bits per heavy atom. The van der Waals surface area contributed by atoms with E-state index in [4.69, 9.17) is 10.4 Å². The van der Waals surface area contributed by atoms with Gasteiger partial charge >= 0.3 is 0 Å². The van der Waals surface area contributed by atoms with Crippen molar-refractivity contribution in [1.82, 2.24) is 4.31 Å². The number of hydrogen-bond acceptors (Lipinski definition) is 4. The van der Waals surface area contributed by atoms with E-state index in [1.807, 2.05) is 6.07 Å². The monoisotopic (exact) mass is 304 g/mol. The zero-order valence-electron chi connectivity index (χ0n) is 10.5. The zero-order valence-corrected chi connectivity index (χ0v) is 11.4. The molecule has 1 aromatic rings. The fourth-order valence-corrected chi connectivity index (χ4v) is 3.08. The summed E-state index contributed by atoms with van der Waals surface area (Å²) in [6.07, 6.45) is -2.81. The molecule has 0 fully saturated rings. The molecule has 8 heteroatoms. The lowest BCUT2D eigenvalue weighted by atomic mass is 10.2. The highest BCUT2D eigenvalue weighted by molar-refractivity contribution is 7.88. The van der Waals surface area contributed by atoms with Gasteiger partial charge in [-0.2, -0.15) is 9.57 Å². The molecule has 0 atom stereocenters. The summed E-state index contributed by atoms with van der Waals surface area (Å²) in [7, 11) is -3.94. The predicted octanol–water partition coefficient (Wildman–Crippen LogP) is 0.947. The van der Waals surface area contributed by atoms with Crippen molar-refractivity contribution in [2.24, 2.45) is 0 Å². The minimum absolute atomic E-state index is 0.372. The topological polar surface area (TPSA) is 81.4 Å². The average Bonchev–Trinajstić information content (AvgIpc) is 2.38. The Morgan fingerprint density at radius 3 is 2.35 bits per heavy atom. The highest BCUT2D eigenvalue weighted by Crippen LogP contribution is 2.13. The zero-order chi connectivity index (χ0) is 15.2. The molecule has 0 unspecified atom stereocenters. The van der Waals surface area contributed by atoms with E-state index in [0.29, 0.717) is 15.4 Å². The van der Waals surface area contributed by atoms with Gasteiger partial charge in [-0.25, -0.2) is 17.2 Å². The van der Waals surface area contributed by atoms with Crippen molar-refractivity contribution in [1.29, 1.82) is 5.26 Å². The Morgan fingerprint density at radius 2 is 1.90 bits per heavy atom. The van der Waals surface area contributed by atoms with Crippen LogP contribution in [-0.4, -0.2) is 44.0 Å². The molecule has 0 aliphatic rings. The van der Waals surface area contributed by atoms with Crippen LogP contribution in [0.5, 0.6) is 0 Å². The Kier molecular flexibility index (Phi) is 6.01. The average molecular weight is 304 g/mol. The maximum Gasteiger partial charge on any atom is 0.252 e. The minimum Gasteiger partial charge on any atom is -0.395 e. The maximum atomic E-state index is 12.4. The van der Waals surface area contributed by atoms with Crippen molar-refractivity contribution >= 4 is 10.0 Å². The second kappa shape index (κ2) is 7.28. The molecule has 110 valence electrons. The van der Waals surface area contributed by atoms with Crippen molar-refractivity contribution in [2.45, 2.75) is 12.2 Å². The number of aliphatic hydroxyl groups excluding tert-OH is 1. The lowest BCUT2D eigenvalue weighted by molar-refractivity contribution is 0.113. The van der Waals surface area contributed by atoms with Crippen molar-refractivity contribution in [3.63, 3.8) is 0 Å². The summed E-state index contributed by atoms with van der Waals surface area (Å²) in [5.41, 5.74) is 0.771. The third-order valence-corrected chi connectivity index (χ3v) is 4.33. The van der Waals surface area contributed by atoms with E-state index in [0.717, 1.165) is 0 Å². The Balaban J connectivity index is 2.87. The first-order valence-corrected chi connectivity index (χ1v) is 7.36. The number of benzene rings is 1. The predicted molar refractivity (Wildman–Crippen MR) is 68.4 cm³/mol. The van der Waals surface area contributed by atoms with Crippen LogP contribution in [0.2, 0.25) is 0 Å². The molecule has 0 amide bonds. The second-order valence-electron chi connectivity index (χ2n) is 4.04. The van der Waals surface area contributed by atoms with E-state index in [-0.39, 0.29) is 6.54 Å². The summed E-state index contributed by atoms with van der Waals surface area (Å²) >= 11 is 0. The SMILES string of the molecule is N#Cc1ccc(CS(=O)(=O)N(CCO)CC(F)F)cc1. The van der Waals surface area contributed by atoms with E-state index in [2.05, 4.69) is 0 Å². The van der Waals surface area contributed by atoms with Gasteiger partial charge in [0.2, 0.25) is 10.0 Å². The molecule has 0 spiro atoms. The normalized spacial score (nSPS) is 11.8. The summed E-state index contributed by atoms with van der Waals surface area (Å²) < 4.78 is 49.3. The number of aliphatic hydroxyl groups is 1. The third kappa shape index (κ3) is 4.85. The fourth-order valence-electron chi connectivity index (χ4n) is 1.59. The van der Waals surface area contributed by atoms with Gasteiger partial charge in [0.25, 0.3) is 6.43 Å². The molecule has 5 nitrogen and oxygen atoms in total. The Labute approximate surface area is 116 Å². The van der Waals surface area contributed by atoms with Crippen molar-refractivity contribution in [3.05, 3.63) is 35.4 Å². The number of hydrogen-bond donors (Lipinski definition) is 1. The summed E-state index contributed by atoms with van der Waals surface area (Å²) in [6, 6.07) is 7.71. The number of rotatable bonds is 7. The second-order valence-corrected chi connectivity index (χ2v) is 6.01. The van der Waals surface area contributed by atoms with Crippen LogP contribution in [0.15, 0.2) is 24.3 Å². The molecule has 1 aromatic carbocycles. The van der Waals surface area contributed by atoms with Gasteiger partial charge < -0.3 is 5.11 Å². The molecule has 1 rings (SSSR count). The van der Waals surface area contributed by atoms with Crippen molar-refractivity contribution in [2.75, 3.05) is 19.7 Å². The van der Waals surface area contributed by atoms with Gasteiger partial charge in [0, 0.05) is 6.54 Å². The number of nitriles is 1. The van der Waals surface area contributed by atoms with Gasteiger partial charge in [-0.05, 0) is 17.7 Å². The highest BCUT2D eigenvalue weighted by Gasteiger charge is 2.25. The summed E-state index contributed by atoms with van der Waals surface area (Å²) in [6.45, 7) is -1.85. The van der Waals surface area contributed by atoms with Crippen molar-refractivity contribution < 1.29 is 22.3 Å². The molecular formula is C12H14F2N2O3S. The first-order valence-electron chi connectivity index (χ1n) is 5.75. The van der Waals surface area contributed by atoms with Gasteiger partial charge in [-0.15, -0.1) is 0 Å². The van der Waals surface area contributed by atoms with E-state index in [1.54, 1.807) is 0 Å². The number of halogens is 2. The van der Waals surface area contributed by atoms with Crippen LogP contribution in [-0.2, 0) is 15.8 Å². The Hall–Kier alpha value is -1.56. The van der Waals surface area contributed by atoms with Crippen LogP contribution in [0.3, 0.4) is 0 Å². The smallest absolute Gasteiger partial charge is 0.252 e. The largest absolute Gasteiger partial charge is 0.395 e. The van der Waals surface area contributed by atoms with Crippen LogP contribution < -0.4 is 0 Å². The number of alkyl halides is 2. The van der Waals surface area contributed by atoms with Crippen LogP contribution in [0.4, 0.5) is 8.78 Å². The first-order chi connectivity index (χ1) is 9.39. The lowest BCUT2D eigenvalue weighted by Crippen LogP contribution is -2.38. The van der Waals surface area contributed by atoms with Crippen LogP contribution in [0, 0.1) is 11.3 Å². The molecule has 0 radical (unpaired) electrons. The third-order valence-electron chi connectivity index (χ3n) is 2.52. The molecule has 0 saturated heterocycles.